The molecule has 3 amide bonds. The summed E-state index contributed by atoms with van der Waals surface area (Å²) in [5.74, 6) is 0. The van der Waals surface area contributed by atoms with Crippen LogP contribution in [-0.2, 0) is 10.2 Å². The number of fused-ring (bicyclic) bond motifs is 2. The maximum atomic E-state index is 12.8. The summed E-state index contributed by atoms with van der Waals surface area (Å²) >= 11 is 0. The van der Waals surface area contributed by atoms with E-state index in [1.165, 1.54) is 5.56 Å². The molecule has 3 aliphatic heterocycles. The summed E-state index contributed by atoms with van der Waals surface area (Å²) in [5.41, 5.74) is 2.46. The number of nitrogens with zero attached hydrogens (tertiary/aromatic N) is 4. The van der Waals surface area contributed by atoms with Crippen molar-refractivity contribution in [3.8, 4) is 0 Å². The average molecular weight is 443 g/mol. The van der Waals surface area contributed by atoms with Gasteiger partial charge in [0.2, 0.25) is 0 Å². The van der Waals surface area contributed by atoms with Gasteiger partial charge in [0.25, 0.3) is 0 Å². The molecule has 1 aromatic carbocycles. The van der Waals surface area contributed by atoms with Crippen LogP contribution in [0.3, 0.4) is 0 Å². The molecule has 3 aliphatic rings. The zero-order chi connectivity index (χ0) is 22.9. The minimum atomic E-state index is -0.175. The smallest absolute Gasteiger partial charge is 0.410 e. The molecule has 2 saturated heterocycles. The van der Waals surface area contributed by atoms with E-state index in [2.05, 4.69) is 23.1 Å². The molecule has 7 nitrogen and oxygen atoms in total. The largest absolute Gasteiger partial charge is 0.447 e. The van der Waals surface area contributed by atoms with Crippen LogP contribution in [-0.4, -0.2) is 85.8 Å². The van der Waals surface area contributed by atoms with E-state index >= 15 is 0 Å². The van der Waals surface area contributed by atoms with Crippen molar-refractivity contribution in [2.24, 2.45) is 0 Å². The molecule has 0 bridgehead atoms. The molecular weight excluding hydrogens is 404 g/mol. The lowest BCUT2D eigenvalue weighted by Gasteiger charge is -2.43. The van der Waals surface area contributed by atoms with Gasteiger partial charge in [-0.3, -0.25) is 4.90 Å². The number of piperidine rings is 1. The fraction of sp³-hybridized carbons (Fsp3) is 0.680. The number of para-hydroxylation sites is 1. The van der Waals surface area contributed by atoms with Crippen LogP contribution in [0.25, 0.3) is 0 Å². The highest BCUT2D eigenvalue weighted by molar-refractivity contribution is 5.95. The highest BCUT2D eigenvalue weighted by atomic mass is 16.6. The molecule has 3 heterocycles. The Bertz CT molecular complexity index is 832. The van der Waals surface area contributed by atoms with Gasteiger partial charge in [0, 0.05) is 50.9 Å². The molecule has 0 aromatic heterocycles. The second-order valence-corrected chi connectivity index (χ2v) is 10.1. The van der Waals surface area contributed by atoms with E-state index in [1.54, 1.807) is 4.90 Å². The SMILES string of the molecule is CC(C)OC(=O)N1CCCC(N2CCC3(CC2)CN(C(=O)N(C)C)c2ccccc23)CC1. The number of hydrogen-bond acceptors (Lipinski definition) is 4. The molecule has 0 aliphatic carbocycles. The molecule has 176 valence electrons. The Hall–Kier alpha value is -2.28. The maximum Gasteiger partial charge on any atom is 0.410 e. The van der Waals surface area contributed by atoms with Crippen LogP contribution in [0.2, 0.25) is 0 Å². The number of anilines is 1. The summed E-state index contributed by atoms with van der Waals surface area (Å²) in [5, 5.41) is 0. The van der Waals surface area contributed by atoms with E-state index in [-0.39, 0.29) is 23.6 Å². The summed E-state index contributed by atoms with van der Waals surface area (Å²) < 4.78 is 5.41. The highest BCUT2D eigenvalue weighted by Crippen LogP contribution is 2.47. The van der Waals surface area contributed by atoms with Gasteiger partial charge in [0.1, 0.15) is 0 Å². The number of benzene rings is 1. The van der Waals surface area contributed by atoms with E-state index in [1.807, 2.05) is 43.8 Å². The first-order chi connectivity index (χ1) is 15.3. The second-order valence-electron chi connectivity index (χ2n) is 10.1. The molecule has 1 atom stereocenters. The monoisotopic (exact) mass is 442 g/mol. The molecule has 0 saturated carbocycles. The topological polar surface area (TPSA) is 56.3 Å². The van der Waals surface area contributed by atoms with Gasteiger partial charge < -0.3 is 19.4 Å². The molecule has 0 N–H and O–H groups in total. The highest BCUT2D eigenvalue weighted by Gasteiger charge is 2.47. The lowest BCUT2D eigenvalue weighted by Crippen LogP contribution is -2.50. The number of hydrogen-bond donors (Lipinski definition) is 0. The predicted octanol–water partition coefficient (Wildman–Crippen LogP) is 3.92. The van der Waals surface area contributed by atoms with Crippen LogP contribution >= 0.6 is 0 Å². The Morgan fingerprint density at radius 1 is 1.06 bits per heavy atom. The van der Waals surface area contributed by atoms with Crippen molar-refractivity contribution in [3.05, 3.63) is 29.8 Å². The number of carbonyl (C=O) groups excluding carboxylic acids is 2. The predicted molar refractivity (Wildman–Crippen MR) is 126 cm³/mol. The maximum absolute atomic E-state index is 12.8. The number of urea groups is 1. The van der Waals surface area contributed by atoms with Gasteiger partial charge >= 0.3 is 12.1 Å². The zero-order valence-electron chi connectivity index (χ0n) is 20.0. The number of likely N-dealkylation sites (tertiary alicyclic amines) is 2. The van der Waals surface area contributed by atoms with Crippen molar-refractivity contribution < 1.29 is 14.3 Å². The first-order valence-corrected chi connectivity index (χ1v) is 12.1. The first-order valence-electron chi connectivity index (χ1n) is 12.1. The summed E-state index contributed by atoms with van der Waals surface area (Å²) in [7, 11) is 3.65. The molecule has 0 radical (unpaired) electrons. The quantitative estimate of drug-likeness (QED) is 0.697. The lowest BCUT2D eigenvalue weighted by molar-refractivity contribution is 0.0755. The Kier molecular flexibility index (Phi) is 6.65. The fourth-order valence-electron chi connectivity index (χ4n) is 5.69. The fourth-order valence-corrected chi connectivity index (χ4v) is 5.69. The Morgan fingerprint density at radius 3 is 2.47 bits per heavy atom. The number of rotatable bonds is 2. The van der Waals surface area contributed by atoms with Crippen LogP contribution in [0, 0.1) is 0 Å². The molecule has 1 unspecified atom stereocenters. The standard InChI is InChI=1S/C25H38N4O3/c1-19(2)32-24(31)28-14-7-8-20(11-15-28)27-16-12-25(13-17-27)18-29(23(30)26(3)4)22-10-6-5-9-21(22)25/h5-6,9-10,19-20H,7-8,11-18H2,1-4H3. The normalized spacial score (nSPS) is 23.2. The third kappa shape index (κ3) is 4.45. The number of carbonyl (C=O) groups is 2. The second kappa shape index (κ2) is 9.30. The summed E-state index contributed by atoms with van der Waals surface area (Å²) in [4.78, 5) is 33.3. The molecule has 1 spiro atoms. The van der Waals surface area contributed by atoms with Crippen LogP contribution in [0.4, 0.5) is 15.3 Å². The third-order valence-corrected chi connectivity index (χ3v) is 7.40. The van der Waals surface area contributed by atoms with Gasteiger partial charge in [0.15, 0.2) is 0 Å². The van der Waals surface area contributed by atoms with Gasteiger partial charge in [-0.2, -0.15) is 0 Å². The zero-order valence-corrected chi connectivity index (χ0v) is 20.0. The van der Waals surface area contributed by atoms with Crippen LogP contribution in [0.15, 0.2) is 24.3 Å². The van der Waals surface area contributed by atoms with Crippen LogP contribution < -0.4 is 4.90 Å². The summed E-state index contributed by atoms with van der Waals surface area (Å²) in [6.45, 7) is 8.21. The minimum Gasteiger partial charge on any atom is -0.447 e. The van der Waals surface area contributed by atoms with Crippen molar-refractivity contribution >= 4 is 17.8 Å². The van der Waals surface area contributed by atoms with Gasteiger partial charge in [-0.1, -0.05) is 18.2 Å². The van der Waals surface area contributed by atoms with Crippen LogP contribution in [0.5, 0.6) is 0 Å². The van der Waals surface area contributed by atoms with Crippen LogP contribution in [0.1, 0.15) is 51.5 Å². The summed E-state index contributed by atoms with van der Waals surface area (Å²) in [6, 6.07) is 9.03. The Labute approximate surface area is 192 Å². The molecule has 2 fully saturated rings. The Balaban J connectivity index is 1.40. The van der Waals surface area contributed by atoms with Gasteiger partial charge in [-0.15, -0.1) is 0 Å². The average Bonchev–Trinajstić information content (AvgIpc) is 2.91. The molecule has 4 rings (SSSR count). The van der Waals surface area contributed by atoms with E-state index in [0.717, 1.165) is 70.5 Å². The molecule has 1 aromatic rings. The lowest BCUT2D eigenvalue weighted by atomic mass is 9.74. The summed E-state index contributed by atoms with van der Waals surface area (Å²) in [6.07, 6.45) is 5.03. The van der Waals surface area contributed by atoms with Gasteiger partial charge in [0.05, 0.1) is 6.10 Å². The number of amides is 3. The third-order valence-electron chi connectivity index (χ3n) is 7.40. The van der Waals surface area contributed by atoms with Gasteiger partial charge in [-0.05, 0) is 70.7 Å². The molecular formula is C25H38N4O3. The molecule has 32 heavy (non-hydrogen) atoms. The first kappa shape index (κ1) is 22.9. The van der Waals surface area contributed by atoms with E-state index in [0.29, 0.717) is 6.04 Å². The Morgan fingerprint density at radius 2 is 1.78 bits per heavy atom. The van der Waals surface area contributed by atoms with Crippen molar-refractivity contribution in [3.63, 3.8) is 0 Å². The van der Waals surface area contributed by atoms with E-state index in [4.69, 9.17) is 4.74 Å². The minimum absolute atomic E-state index is 0.0522. The molecule has 7 heteroatoms. The van der Waals surface area contributed by atoms with E-state index < -0.39 is 0 Å². The van der Waals surface area contributed by atoms with Crippen molar-refractivity contribution in [1.82, 2.24) is 14.7 Å². The van der Waals surface area contributed by atoms with Gasteiger partial charge in [-0.25, -0.2) is 9.59 Å². The van der Waals surface area contributed by atoms with Crippen molar-refractivity contribution in [2.75, 3.05) is 51.7 Å². The van der Waals surface area contributed by atoms with Crippen molar-refractivity contribution in [1.29, 1.82) is 0 Å². The van der Waals surface area contributed by atoms with Crippen molar-refractivity contribution in [2.45, 2.75) is 63.5 Å². The number of ether oxygens (including phenoxy) is 1. The van der Waals surface area contributed by atoms with E-state index in [9.17, 15) is 9.59 Å².